The van der Waals surface area contributed by atoms with Gasteiger partial charge in [-0.3, -0.25) is 0 Å². The number of hydrogen-bond donors (Lipinski definition) is 1. The van der Waals surface area contributed by atoms with Crippen LogP contribution >= 0.6 is 0 Å². The van der Waals surface area contributed by atoms with Crippen molar-refractivity contribution in [2.75, 3.05) is 26.8 Å². The molecule has 0 radical (unpaired) electrons. The average Bonchev–Trinajstić information content (AvgIpc) is 2.89. The molecule has 2 rings (SSSR count). The molecule has 0 saturated heterocycles. The minimum absolute atomic E-state index is 0.794. The van der Waals surface area contributed by atoms with E-state index in [-0.39, 0.29) is 0 Å². The van der Waals surface area contributed by atoms with Crippen LogP contribution in [-0.4, -0.2) is 26.8 Å². The van der Waals surface area contributed by atoms with Gasteiger partial charge in [-0.2, -0.15) is 0 Å². The normalized spacial score (nSPS) is 13.7. The van der Waals surface area contributed by atoms with Gasteiger partial charge in [0.25, 0.3) is 0 Å². The first kappa shape index (κ1) is 14.5. The van der Waals surface area contributed by atoms with Crippen LogP contribution in [0, 0.1) is 0 Å². The fraction of sp³-hybridized carbons (Fsp3) is 0.625. The summed E-state index contributed by atoms with van der Waals surface area (Å²) >= 11 is 0. The summed E-state index contributed by atoms with van der Waals surface area (Å²) in [7, 11) is 1.74. The summed E-state index contributed by atoms with van der Waals surface area (Å²) in [5, 5.41) is 3.38. The maximum Gasteiger partial charge on any atom is 0.0725 e. The van der Waals surface area contributed by atoms with Crippen LogP contribution in [0.15, 0.2) is 18.2 Å². The molecule has 1 aromatic rings. The molecule has 0 unspecified atom stereocenters. The molecule has 1 N–H and O–H groups in total. The van der Waals surface area contributed by atoms with E-state index in [4.69, 9.17) is 9.47 Å². The fourth-order valence-corrected chi connectivity index (χ4v) is 2.44. The van der Waals surface area contributed by atoms with Gasteiger partial charge < -0.3 is 14.8 Å². The van der Waals surface area contributed by atoms with Gasteiger partial charge in [0.2, 0.25) is 0 Å². The van der Waals surface area contributed by atoms with E-state index in [2.05, 4.69) is 23.5 Å². The van der Waals surface area contributed by atoms with Gasteiger partial charge in [0, 0.05) is 13.7 Å². The summed E-state index contributed by atoms with van der Waals surface area (Å²) in [5.74, 6) is 0. The van der Waals surface area contributed by atoms with Gasteiger partial charge >= 0.3 is 0 Å². The monoisotopic (exact) mass is 263 g/mol. The second-order valence-corrected chi connectivity index (χ2v) is 5.15. The van der Waals surface area contributed by atoms with Crippen molar-refractivity contribution in [2.24, 2.45) is 0 Å². The van der Waals surface area contributed by atoms with Crippen LogP contribution in [0.25, 0.3) is 0 Å². The molecular formula is C16H25NO2. The third kappa shape index (κ3) is 4.94. The highest BCUT2D eigenvalue weighted by atomic mass is 16.5. The maximum absolute atomic E-state index is 5.44. The van der Waals surface area contributed by atoms with E-state index >= 15 is 0 Å². The standard InChI is InChI=1S/C16H25NO2/c1-18-10-9-17-8-4-2-3-5-14-6-7-15-12-19-13-16(15)11-14/h6-7,11,17H,2-5,8-10,12-13H2,1H3. The van der Waals surface area contributed by atoms with Crippen LogP contribution in [0.4, 0.5) is 0 Å². The Kier molecular flexibility index (Phi) is 6.34. The zero-order valence-electron chi connectivity index (χ0n) is 11.9. The number of nitrogens with one attached hydrogen (secondary N) is 1. The van der Waals surface area contributed by atoms with Crippen molar-refractivity contribution in [3.05, 3.63) is 34.9 Å². The van der Waals surface area contributed by atoms with Crippen molar-refractivity contribution >= 4 is 0 Å². The summed E-state index contributed by atoms with van der Waals surface area (Å²) in [6.45, 7) is 4.45. The average molecular weight is 263 g/mol. The Bertz CT molecular complexity index is 379. The maximum atomic E-state index is 5.44. The summed E-state index contributed by atoms with van der Waals surface area (Å²) < 4.78 is 10.4. The Morgan fingerprint density at radius 1 is 1.11 bits per heavy atom. The molecule has 0 spiro atoms. The molecule has 0 bridgehead atoms. The molecule has 0 aromatic heterocycles. The summed E-state index contributed by atoms with van der Waals surface area (Å²) in [4.78, 5) is 0. The van der Waals surface area contributed by atoms with Gasteiger partial charge in [0.1, 0.15) is 0 Å². The molecule has 1 aliphatic heterocycles. The van der Waals surface area contributed by atoms with Crippen molar-refractivity contribution in [2.45, 2.75) is 38.9 Å². The lowest BCUT2D eigenvalue weighted by atomic mass is 10.0. The molecule has 0 amide bonds. The third-order valence-electron chi connectivity index (χ3n) is 3.59. The lowest BCUT2D eigenvalue weighted by Crippen LogP contribution is -2.20. The highest BCUT2D eigenvalue weighted by molar-refractivity contribution is 5.33. The Hall–Kier alpha value is -0.900. The lowest BCUT2D eigenvalue weighted by Gasteiger charge is -2.05. The smallest absolute Gasteiger partial charge is 0.0725 e. The van der Waals surface area contributed by atoms with Crippen LogP contribution in [0.1, 0.15) is 36.0 Å². The third-order valence-corrected chi connectivity index (χ3v) is 3.59. The molecule has 1 aromatic carbocycles. The van der Waals surface area contributed by atoms with E-state index in [0.29, 0.717) is 0 Å². The predicted octanol–water partition coefficient (Wildman–Crippen LogP) is 2.67. The molecule has 3 heteroatoms. The molecule has 0 atom stereocenters. The second kappa shape index (κ2) is 8.31. The zero-order chi connectivity index (χ0) is 13.3. The van der Waals surface area contributed by atoms with E-state index in [1.807, 2.05) is 0 Å². The zero-order valence-corrected chi connectivity index (χ0v) is 11.9. The van der Waals surface area contributed by atoms with Gasteiger partial charge in [0.15, 0.2) is 0 Å². The summed E-state index contributed by atoms with van der Waals surface area (Å²) in [6, 6.07) is 6.80. The summed E-state index contributed by atoms with van der Waals surface area (Å²) in [6.07, 6.45) is 4.99. The highest BCUT2D eigenvalue weighted by Gasteiger charge is 2.10. The SMILES string of the molecule is COCCNCCCCCc1ccc2c(c1)COC2. The Morgan fingerprint density at radius 2 is 2.00 bits per heavy atom. The highest BCUT2D eigenvalue weighted by Crippen LogP contribution is 2.21. The lowest BCUT2D eigenvalue weighted by molar-refractivity contribution is 0.134. The Balaban J connectivity index is 1.56. The number of aryl methyl sites for hydroxylation is 1. The Labute approximate surface area is 116 Å². The second-order valence-electron chi connectivity index (χ2n) is 5.15. The van der Waals surface area contributed by atoms with Gasteiger partial charge in [0.05, 0.1) is 19.8 Å². The number of hydrogen-bond acceptors (Lipinski definition) is 3. The van der Waals surface area contributed by atoms with E-state index in [1.54, 1.807) is 7.11 Å². The van der Waals surface area contributed by atoms with Crippen molar-refractivity contribution in [1.29, 1.82) is 0 Å². The number of methoxy groups -OCH3 is 1. The first-order valence-corrected chi connectivity index (χ1v) is 7.28. The van der Waals surface area contributed by atoms with Crippen molar-refractivity contribution in [3.63, 3.8) is 0 Å². The van der Waals surface area contributed by atoms with Crippen molar-refractivity contribution < 1.29 is 9.47 Å². The van der Waals surface area contributed by atoms with Gasteiger partial charge in [-0.05, 0) is 42.5 Å². The topological polar surface area (TPSA) is 30.5 Å². The Morgan fingerprint density at radius 3 is 2.89 bits per heavy atom. The van der Waals surface area contributed by atoms with Gasteiger partial charge in [-0.15, -0.1) is 0 Å². The molecule has 0 saturated carbocycles. The van der Waals surface area contributed by atoms with Crippen LogP contribution < -0.4 is 5.32 Å². The van der Waals surface area contributed by atoms with Gasteiger partial charge in [-0.25, -0.2) is 0 Å². The van der Waals surface area contributed by atoms with Gasteiger partial charge in [-0.1, -0.05) is 24.6 Å². The molecule has 1 aliphatic rings. The van der Waals surface area contributed by atoms with Crippen molar-refractivity contribution in [1.82, 2.24) is 5.32 Å². The molecule has 106 valence electrons. The van der Waals surface area contributed by atoms with Crippen molar-refractivity contribution in [3.8, 4) is 0 Å². The number of unbranched alkanes of at least 4 members (excludes halogenated alkanes) is 2. The molecule has 3 nitrogen and oxygen atoms in total. The summed E-state index contributed by atoms with van der Waals surface area (Å²) in [5.41, 5.74) is 4.21. The first-order chi connectivity index (χ1) is 9.40. The molecule has 0 fully saturated rings. The van der Waals surface area contributed by atoms with E-state index in [1.165, 1.54) is 42.4 Å². The minimum Gasteiger partial charge on any atom is -0.383 e. The molecule has 0 aliphatic carbocycles. The van der Waals surface area contributed by atoms with Crippen LogP contribution in [0.3, 0.4) is 0 Å². The van der Waals surface area contributed by atoms with E-state index in [0.717, 1.165) is 32.9 Å². The van der Waals surface area contributed by atoms with E-state index in [9.17, 15) is 0 Å². The predicted molar refractivity (Wildman–Crippen MR) is 77.2 cm³/mol. The van der Waals surface area contributed by atoms with Crippen LogP contribution in [0.5, 0.6) is 0 Å². The fourth-order valence-electron chi connectivity index (χ4n) is 2.44. The number of fused-ring (bicyclic) bond motifs is 1. The number of ether oxygens (including phenoxy) is 2. The van der Waals surface area contributed by atoms with Crippen LogP contribution in [-0.2, 0) is 29.1 Å². The first-order valence-electron chi connectivity index (χ1n) is 7.28. The number of rotatable bonds is 9. The molecule has 1 heterocycles. The molecular weight excluding hydrogens is 238 g/mol. The van der Waals surface area contributed by atoms with Crippen LogP contribution in [0.2, 0.25) is 0 Å². The largest absolute Gasteiger partial charge is 0.383 e. The molecule has 19 heavy (non-hydrogen) atoms. The quantitative estimate of drug-likeness (QED) is 0.695. The number of benzene rings is 1. The van der Waals surface area contributed by atoms with E-state index < -0.39 is 0 Å². The minimum atomic E-state index is 0.794.